The fourth-order valence-corrected chi connectivity index (χ4v) is 2.85. The van der Waals surface area contributed by atoms with E-state index in [1.54, 1.807) is 0 Å². The number of nitrogens with zero attached hydrogens (tertiary/aromatic N) is 3. The second-order valence-corrected chi connectivity index (χ2v) is 5.67. The molecule has 7 nitrogen and oxygen atoms in total. The summed E-state index contributed by atoms with van der Waals surface area (Å²) in [6.07, 6.45) is 6.76. The van der Waals surface area contributed by atoms with Crippen LogP contribution in [0.25, 0.3) is 0 Å². The second kappa shape index (κ2) is 6.91. The average molecular weight is 307 g/mol. The maximum Gasteiger partial charge on any atom is 0.342 e. The molecule has 1 aliphatic heterocycles. The highest BCUT2D eigenvalue weighted by atomic mass is 16.5. The number of aromatic carboxylic acids is 1. The molecule has 0 spiro atoms. The Bertz CT molecular complexity index is 526. The molecule has 0 atom stereocenters. The highest BCUT2D eigenvalue weighted by Crippen LogP contribution is 2.26. The summed E-state index contributed by atoms with van der Waals surface area (Å²) in [6.45, 7) is 2.66. The van der Waals surface area contributed by atoms with Gasteiger partial charge in [0.05, 0.1) is 19.4 Å². The van der Waals surface area contributed by atoms with Gasteiger partial charge in [0.1, 0.15) is 11.7 Å². The summed E-state index contributed by atoms with van der Waals surface area (Å²) >= 11 is 0. The van der Waals surface area contributed by atoms with E-state index in [0.29, 0.717) is 32.3 Å². The van der Waals surface area contributed by atoms with E-state index in [1.165, 1.54) is 12.6 Å². The molecule has 2 aliphatic rings. The van der Waals surface area contributed by atoms with Gasteiger partial charge in [0.2, 0.25) is 11.8 Å². The Balaban J connectivity index is 1.81. The van der Waals surface area contributed by atoms with E-state index in [2.05, 4.69) is 9.97 Å². The SMILES string of the molecule is O=C(O)c1cnc(N2CCOCC2)nc1OC1CCCCC1. The minimum Gasteiger partial charge on any atom is -0.477 e. The van der Waals surface area contributed by atoms with E-state index in [1.807, 2.05) is 4.90 Å². The summed E-state index contributed by atoms with van der Waals surface area (Å²) in [6, 6.07) is 0. The number of carbonyl (C=O) groups is 1. The molecule has 0 aromatic carbocycles. The lowest BCUT2D eigenvalue weighted by atomic mass is 9.98. The lowest BCUT2D eigenvalue weighted by molar-refractivity contribution is 0.0683. The lowest BCUT2D eigenvalue weighted by Gasteiger charge is -2.28. The fourth-order valence-electron chi connectivity index (χ4n) is 2.85. The quantitative estimate of drug-likeness (QED) is 0.906. The van der Waals surface area contributed by atoms with E-state index in [0.717, 1.165) is 25.7 Å². The van der Waals surface area contributed by atoms with Gasteiger partial charge < -0.3 is 19.5 Å². The molecule has 2 heterocycles. The Morgan fingerprint density at radius 2 is 2.00 bits per heavy atom. The molecule has 1 saturated heterocycles. The van der Waals surface area contributed by atoms with Crippen molar-refractivity contribution in [3.8, 4) is 5.88 Å². The van der Waals surface area contributed by atoms with E-state index < -0.39 is 5.97 Å². The van der Waals surface area contributed by atoms with Crippen LogP contribution in [0.4, 0.5) is 5.95 Å². The monoisotopic (exact) mass is 307 g/mol. The Morgan fingerprint density at radius 3 is 2.68 bits per heavy atom. The van der Waals surface area contributed by atoms with Crippen molar-refractivity contribution < 1.29 is 19.4 Å². The van der Waals surface area contributed by atoms with Gasteiger partial charge in [0.25, 0.3) is 0 Å². The van der Waals surface area contributed by atoms with Crippen molar-refractivity contribution in [2.45, 2.75) is 38.2 Å². The minimum atomic E-state index is -1.06. The number of morpholine rings is 1. The molecule has 2 fully saturated rings. The summed E-state index contributed by atoms with van der Waals surface area (Å²) < 4.78 is 11.2. The molecule has 1 N–H and O–H groups in total. The van der Waals surface area contributed by atoms with Crippen molar-refractivity contribution in [2.24, 2.45) is 0 Å². The number of anilines is 1. The van der Waals surface area contributed by atoms with Crippen LogP contribution >= 0.6 is 0 Å². The van der Waals surface area contributed by atoms with Crippen molar-refractivity contribution in [3.63, 3.8) is 0 Å². The smallest absolute Gasteiger partial charge is 0.342 e. The Morgan fingerprint density at radius 1 is 1.27 bits per heavy atom. The first kappa shape index (κ1) is 15.0. The first-order chi connectivity index (χ1) is 10.7. The summed E-state index contributed by atoms with van der Waals surface area (Å²) in [5, 5.41) is 9.30. The van der Waals surface area contributed by atoms with Crippen LogP contribution in [0.15, 0.2) is 6.20 Å². The van der Waals surface area contributed by atoms with E-state index in [-0.39, 0.29) is 17.5 Å². The topological polar surface area (TPSA) is 84.8 Å². The molecular formula is C15H21N3O4. The van der Waals surface area contributed by atoms with Crippen LogP contribution < -0.4 is 9.64 Å². The number of ether oxygens (including phenoxy) is 2. The molecule has 0 amide bonds. The fraction of sp³-hybridized carbons (Fsp3) is 0.667. The molecule has 3 rings (SSSR count). The van der Waals surface area contributed by atoms with Crippen LogP contribution in [0.5, 0.6) is 5.88 Å². The van der Waals surface area contributed by atoms with Gasteiger partial charge in [-0.15, -0.1) is 0 Å². The van der Waals surface area contributed by atoms with Crippen LogP contribution in [-0.4, -0.2) is 53.5 Å². The zero-order valence-corrected chi connectivity index (χ0v) is 12.5. The zero-order valence-electron chi connectivity index (χ0n) is 12.5. The molecule has 22 heavy (non-hydrogen) atoms. The standard InChI is InChI=1S/C15H21N3O4/c19-14(20)12-10-16-15(18-6-8-21-9-7-18)17-13(12)22-11-4-2-1-3-5-11/h10-11H,1-9H2,(H,19,20). The zero-order chi connectivity index (χ0) is 15.4. The summed E-state index contributed by atoms with van der Waals surface area (Å²) in [7, 11) is 0. The second-order valence-electron chi connectivity index (χ2n) is 5.67. The van der Waals surface area contributed by atoms with E-state index in [9.17, 15) is 9.90 Å². The van der Waals surface area contributed by atoms with Crippen LogP contribution in [0.2, 0.25) is 0 Å². The number of aromatic nitrogens is 2. The average Bonchev–Trinajstić information content (AvgIpc) is 2.56. The Kier molecular flexibility index (Phi) is 4.72. The summed E-state index contributed by atoms with van der Waals surface area (Å²) in [5.74, 6) is -0.352. The molecule has 1 saturated carbocycles. The molecule has 1 aromatic heterocycles. The number of hydrogen-bond donors (Lipinski definition) is 1. The van der Waals surface area contributed by atoms with Crippen LogP contribution in [-0.2, 0) is 4.74 Å². The molecule has 7 heteroatoms. The number of rotatable bonds is 4. The third-order valence-electron chi connectivity index (χ3n) is 4.10. The third-order valence-corrected chi connectivity index (χ3v) is 4.10. The summed E-state index contributed by atoms with van der Waals surface area (Å²) in [4.78, 5) is 21.9. The van der Waals surface area contributed by atoms with Crippen molar-refractivity contribution in [3.05, 3.63) is 11.8 Å². The van der Waals surface area contributed by atoms with Crippen molar-refractivity contribution in [1.82, 2.24) is 9.97 Å². The van der Waals surface area contributed by atoms with Gasteiger partial charge in [-0.1, -0.05) is 6.42 Å². The lowest BCUT2D eigenvalue weighted by Crippen LogP contribution is -2.37. The third kappa shape index (κ3) is 3.47. The van der Waals surface area contributed by atoms with Crippen LogP contribution in [0.3, 0.4) is 0 Å². The maximum atomic E-state index is 11.4. The van der Waals surface area contributed by atoms with Gasteiger partial charge in [-0.3, -0.25) is 0 Å². The minimum absolute atomic E-state index is 0.0302. The Hall–Kier alpha value is -1.89. The predicted octanol–water partition coefficient (Wildman–Crippen LogP) is 1.72. The van der Waals surface area contributed by atoms with Crippen molar-refractivity contribution in [1.29, 1.82) is 0 Å². The Labute approximate surface area is 129 Å². The first-order valence-corrected chi connectivity index (χ1v) is 7.84. The number of carboxylic acids is 1. The molecule has 120 valence electrons. The first-order valence-electron chi connectivity index (χ1n) is 7.84. The van der Waals surface area contributed by atoms with Crippen LogP contribution in [0.1, 0.15) is 42.5 Å². The van der Waals surface area contributed by atoms with Crippen molar-refractivity contribution in [2.75, 3.05) is 31.2 Å². The molecular weight excluding hydrogens is 286 g/mol. The summed E-state index contributed by atoms with van der Waals surface area (Å²) in [5.41, 5.74) is 0.0302. The molecule has 0 unspecified atom stereocenters. The van der Waals surface area contributed by atoms with Crippen LogP contribution in [0, 0.1) is 0 Å². The highest BCUT2D eigenvalue weighted by Gasteiger charge is 2.23. The van der Waals surface area contributed by atoms with E-state index in [4.69, 9.17) is 9.47 Å². The van der Waals surface area contributed by atoms with Gasteiger partial charge in [-0.05, 0) is 25.7 Å². The molecule has 1 aromatic rings. The molecule has 0 bridgehead atoms. The normalized spacial score (nSPS) is 19.9. The number of hydrogen-bond acceptors (Lipinski definition) is 6. The van der Waals surface area contributed by atoms with Crippen molar-refractivity contribution >= 4 is 11.9 Å². The highest BCUT2D eigenvalue weighted by molar-refractivity contribution is 5.89. The van der Waals surface area contributed by atoms with Gasteiger partial charge >= 0.3 is 5.97 Å². The largest absolute Gasteiger partial charge is 0.477 e. The number of carboxylic acid groups (broad SMARTS) is 1. The van der Waals surface area contributed by atoms with Gasteiger partial charge in [-0.25, -0.2) is 9.78 Å². The molecule has 1 aliphatic carbocycles. The maximum absolute atomic E-state index is 11.4. The predicted molar refractivity (Wildman–Crippen MR) is 79.5 cm³/mol. The molecule has 0 radical (unpaired) electrons. The van der Waals surface area contributed by atoms with Gasteiger partial charge in [0.15, 0.2) is 0 Å². The van der Waals surface area contributed by atoms with Gasteiger partial charge in [-0.2, -0.15) is 4.98 Å². The van der Waals surface area contributed by atoms with E-state index >= 15 is 0 Å². The van der Waals surface area contributed by atoms with Gasteiger partial charge in [0, 0.05) is 13.1 Å².